The van der Waals surface area contributed by atoms with Crippen LogP contribution < -0.4 is 0 Å². The summed E-state index contributed by atoms with van der Waals surface area (Å²) in [6.45, 7) is 10.4. The molecule has 2 atom stereocenters. The predicted molar refractivity (Wildman–Crippen MR) is 76.3 cm³/mol. The van der Waals surface area contributed by atoms with Crippen molar-refractivity contribution in [3.8, 4) is 0 Å². The highest BCUT2D eigenvalue weighted by Crippen LogP contribution is 2.31. The van der Waals surface area contributed by atoms with Gasteiger partial charge in [0.1, 0.15) is 5.60 Å². The van der Waals surface area contributed by atoms with Gasteiger partial charge in [0.2, 0.25) is 5.91 Å². The van der Waals surface area contributed by atoms with Gasteiger partial charge in [0.25, 0.3) is 0 Å². The highest BCUT2D eigenvalue weighted by atomic mass is 16.6. The zero-order chi connectivity index (χ0) is 14.9. The van der Waals surface area contributed by atoms with E-state index in [0.29, 0.717) is 18.4 Å². The first kappa shape index (κ1) is 15.1. The predicted octanol–water partition coefficient (Wildman–Crippen LogP) is 2.11. The quantitative estimate of drug-likeness (QED) is 0.684. The molecule has 0 aromatic carbocycles. The molecular weight excluding hydrogens is 256 g/mol. The second kappa shape index (κ2) is 5.62. The molecule has 0 saturated carbocycles. The Morgan fingerprint density at radius 1 is 1.05 bits per heavy atom. The van der Waals surface area contributed by atoms with E-state index in [9.17, 15) is 9.59 Å². The summed E-state index contributed by atoms with van der Waals surface area (Å²) in [5, 5.41) is 0. The SMILES string of the molecule is CC(=O)N1CC2CCCN(C(=O)OC(C)(C)C)CC2C1. The summed E-state index contributed by atoms with van der Waals surface area (Å²) >= 11 is 0. The number of hydrogen-bond donors (Lipinski definition) is 0. The van der Waals surface area contributed by atoms with E-state index in [-0.39, 0.29) is 12.0 Å². The molecular formula is C15H26N2O3. The molecule has 0 bridgehead atoms. The van der Waals surface area contributed by atoms with E-state index in [1.54, 1.807) is 6.92 Å². The number of carbonyl (C=O) groups excluding carboxylic acids is 2. The van der Waals surface area contributed by atoms with Gasteiger partial charge in [0.15, 0.2) is 0 Å². The van der Waals surface area contributed by atoms with Gasteiger partial charge in [-0.1, -0.05) is 0 Å². The van der Waals surface area contributed by atoms with Gasteiger partial charge in [-0.3, -0.25) is 4.79 Å². The monoisotopic (exact) mass is 282 g/mol. The van der Waals surface area contributed by atoms with Crippen molar-refractivity contribution >= 4 is 12.0 Å². The Hall–Kier alpha value is -1.26. The lowest BCUT2D eigenvalue weighted by molar-refractivity contribution is -0.128. The van der Waals surface area contributed by atoms with E-state index in [1.807, 2.05) is 30.6 Å². The topological polar surface area (TPSA) is 49.9 Å². The van der Waals surface area contributed by atoms with Crippen LogP contribution in [-0.4, -0.2) is 53.6 Å². The lowest BCUT2D eigenvalue weighted by Crippen LogP contribution is -2.40. The third-order valence-electron chi connectivity index (χ3n) is 4.13. The first-order chi connectivity index (χ1) is 9.26. The van der Waals surface area contributed by atoms with Crippen molar-refractivity contribution in [3.05, 3.63) is 0 Å². The van der Waals surface area contributed by atoms with Crippen LogP contribution in [0.1, 0.15) is 40.5 Å². The number of carbonyl (C=O) groups is 2. The first-order valence-corrected chi connectivity index (χ1v) is 7.49. The Labute approximate surface area is 121 Å². The van der Waals surface area contributed by atoms with Crippen LogP contribution >= 0.6 is 0 Å². The fourth-order valence-corrected chi connectivity index (χ4v) is 3.14. The lowest BCUT2D eigenvalue weighted by Gasteiger charge is -2.28. The van der Waals surface area contributed by atoms with Crippen molar-refractivity contribution in [3.63, 3.8) is 0 Å². The summed E-state index contributed by atoms with van der Waals surface area (Å²) in [6, 6.07) is 0. The van der Waals surface area contributed by atoms with Crippen LogP contribution in [0, 0.1) is 11.8 Å². The number of ether oxygens (including phenoxy) is 1. The second-order valence-electron chi connectivity index (χ2n) is 7.01. The van der Waals surface area contributed by atoms with Gasteiger partial charge in [-0.25, -0.2) is 4.79 Å². The Balaban J connectivity index is 1.98. The van der Waals surface area contributed by atoms with Crippen LogP contribution in [0.2, 0.25) is 0 Å². The minimum absolute atomic E-state index is 0.141. The maximum Gasteiger partial charge on any atom is 0.410 e. The molecule has 20 heavy (non-hydrogen) atoms. The number of nitrogens with zero attached hydrogens (tertiary/aromatic N) is 2. The molecule has 2 rings (SSSR count). The van der Waals surface area contributed by atoms with Crippen LogP contribution in [-0.2, 0) is 9.53 Å². The van der Waals surface area contributed by atoms with E-state index in [0.717, 1.165) is 32.5 Å². The van der Waals surface area contributed by atoms with E-state index < -0.39 is 5.60 Å². The van der Waals surface area contributed by atoms with Crippen molar-refractivity contribution < 1.29 is 14.3 Å². The summed E-state index contributed by atoms with van der Waals surface area (Å²) < 4.78 is 5.46. The number of amides is 2. The van der Waals surface area contributed by atoms with E-state index in [4.69, 9.17) is 4.74 Å². The molecule has 2 saturated heterocycles. The lowest BCUT2D eigenvalue weighted by atomic mass is 9.93. The molecule has 0 spiro atoms. The third kappa shape index (κ3) is 3.64. The highest BCUT2D eigenvalue weighted by Gasteiger charge is 2.38. The molecule has 2 aliphatic rings. The van der Waals surface area contributed by atoms with Gasteiger partial charge >= 0.3 is 6.09 Å². The molecule has 0 aliphatic carbocycles. The van der Waals surface area contributed by atoms with Gasteiger partial charge in [-0.2, -0.15) is 0 Å². The molecule has 5 nitrogen and oxygen atoms in total. The standard InChI is InChI=1S/C15H26N2O3/c1-11(18)17-8-12-6-5-7-16(9-13(12)10-17)14(19)20-15(2,3)4/h12-13H,5-10H2,1-4H3. The molecule has 2 fully saturated rings. The Morgan fingerprint density at radius 2 is 1.65 bits per heavy atom. The molecule has 0 aromatic heterocycles. The molecule has 2 amide bonds. The average molecular weight is 282 g/mol. The van der Waals surface area contributed by atoms with Gasteiger partial charge in [0.05, 0.1) is 0 Å². The molecule has 2 unspecified atom stereocenters. The number of fused-ring (bicyclic) bond motifs is 1. The molecule has 2 aliphatic heterocycles. The zero-order valence-corrected chi connectivity index (χ0v) is 13.0. The zero-order valence-electron chi connectivity index (χ0n) is 13.0. The number of rotatable bonds is 0. The van der Waals surface area contributed by atoms with E-state index in [1.165, 1.54) is 0 Å². The fourth-order valence-electron chi connectivity index (χ4n) is 3.14. The molecule has 0 N–H and O–H groups in total. The van der Waals surface area contributed by atoms with Gasteiger partial charge in [-0.05, 0) is 45.4 Å². The smallest absolute Gasteiger partial charge is 0.410 e. The van der Waals surface area contributed by atoms with E-state index in [2.05, 4.69) is 0 Å². The van der Waals surface area contributed by atoms with Crippen molar-refractivity contribution in [1.82, 2.24) is 9.80 Å². The maximum atomic E-state index is 12.2. The molecule has 114 valence electrons. The number of likely N-dealkylation sites (tertiary alicyclic amines) is 2. The minimum Gasteiger partial charge on any atom is -0.444 e. The van der Waals surface area contributed by atoms with Gasteiger partial charge < -0.3 is 14.5 Å². The largest absolute Gasteiger partial charge is 0.444 e. The summed E-state index contributed by atoms with van der Waals surface area (Å²) in [5.41, 5.74) is -0.454. The van der Waals surface area contributed by atoms with Crippen LogP contribution in [0.3, 0.4) is 0 Å². The van der Waals surface area contributed by atoms with E-state index >= 15 is 0 Å². The van der Waals surface area contributed by atoms with Crippen LogP contribution in [0.5, 0.6) is 0 Å². The van der Waals surface area contributed by atoms with Crippen molar-refractivity contribution in [1.29, 1.82) is 0 Å². The molecule has 0 radical (unpaired) electrons. The summed E-state index contributed by atoms with van der Waals surface area (Å²) in [7, 11) is 0. The highest BCUT2D eigenvalue weighted by molar-refractivity contribution is 5.73. The first-order valence-electron chi connectivity index (χ1n) is 7.49. The molecule has 0 aromatic rings. The normalized spacial score (nSPS) is 27.0. The van der Waals surface area contributed by atoms with Crippen molar-refractivity contribution in [2.45, 2.75) is 46.1 Å². The van der Waals surface area contributed by atoms with Gasteiger partial charge in [0, 0.05) is 33.1 Å². The van der Waals surface area contributed by atoms with Gasteiger partial charge in [-0.15, -0.1) is 0 Å². The van der Waals surface area contributed by atoms with Crippen molar-refractivity contribution in [2.24, 2.45) is 11.8 Å². The van der Waals surface area contributed by atoms with Crippen LogP contribution in [0.4, 0.5) is 4.79 Å². The second-order valence-corrected chi connectivity index (χ2v) is 7.01. The Morgan fingerprint density at radius 3 is 2.25 bits per heavy atom. The van der Waals surface area contributed by atoms with Crippen LogP contribution in [0.15, 0.2) is 0 Å². The summed E-state index contributed by atoms with van der Waals surface area (Å²) in [6.07, 6.45) is 1.86. The average Bonchev–Trinajstić information content (AvgIpc) is 2.59. The summed E-state index contributed by atoms with van der Waals surface area (Å²) in [5.74, 6) is 1.07. The molecule has 2 heterocycles. The Kier molecular flexibility index (Phi) is 4.25. The maximum absolute atomic E-state index is 12.2. The third-order valence-corrected chi connectivity index (χ3v) is 4.13. The Bertz CT molecular complexity index is 389. The summed E-state index contributed by atoms with van der Waals surface area (Å²) in [4.78, 5) is 27.4. The molecule has 5 heteroatoms. The van der Waals surface area contributed by atoms with Crippen molar-refractivity contribution in [2.75, 3.05) is 26.2 Å². The fraction of sp³-hybridized carbons (Fsp3) is 0.867. The van der Waals surface area contributed by atoms with Crippen LogP contribution in [0.25, 0.3) is 0 Å². The number of hydrogen-bond acceptors (Lipinski definition) is 3. The minimum atomic E-state index is -0.454.